The van der Waals surface area contributed by atoms with Crippen LogP contribution in [0.15, 0.2) is 77.7 Å². The number of hydrogen-bond donors (Lipinski definition) is 2. The van der Waals surface area contributed by atoms with E-state index in [4.69, 9.17) is 0 Å². The Morgan fingerprint density at radius 3 is 2.06 bits per heavy atom. The van der Waals surface area contributed by atoms with E-state index >= 15 is 0 Å². The van der Waals surface area contributed by atoms with Gasteiger partial charge in [0.1, 0.15) is 0 Å². The molecule has 0 fully saturated rings. The van der Waals surface area contributed by atoms with Crippen molar-refractivity contribution >= 4 is 33.1 Å². The first-order chi connectivity index (χ1) is 15.0. The number of benzene rings is 3. The maximum atomic E-state index is 12.8. The molecule has 0 heterocycles. The highest BCUT2D eigenvalue weighted by molar-refractivity contribution is 7.92. The number of alkyl halides is 3. The molecule has 0 aliphatic heterocycles. The standard InChI is InChI=1S/C22H17F3N2O4S/c1-14(28)15-8-10-20(11-9-15)32(30,31)27-19-7-2-4-16(12-19)21(29)26-18-6-3-5-17(13-18)22(23,24)25/h2-13,27H,1H3,(H,26,29). The summed E-state index contributed by atoms with van der Waals surface area (Å²) in [4.78, 5) is 23.7. The molecule has 0 saturated heterocycles. The van der Waals surface area contributed by atoms with Crippen LogP contribution in [0.2, 0.25) is 0 Å². The van der Waals surface area contributed by atoms with Gasteiger partial charge in [0, 0.05) is 22.5 Å². The molecule has 0 saturated carbocycles. The van der Waals surface area contributed by atoms with Crippen molar-refractivity contribution in [2.45, 2.75) is 18.0 Å². The third-order valence-corrected chi connectivity index (χ3v) is 5.79. The van der Waals surface area contributed by atoms with Gasteiger partial charge in [-0.3, -0.25) is 14.3 Å². The first-order valence-corrected chi connectivity index (χ1v) is 10.7. The fourth-order valence-electron chi connectivity index (χ4n) is 2.78. The van der Waals surface area contributed by atoms with Gasteiger partial charge in [-0.1, -0.05) is 24.3 Å². The minimum Gasteiger partial charge on any atom is -0.322 e. The largest absolute Gasteiger partial charge is 0.416 e. The Morgan fingerprint density at radius 2 is 1.44 bits per heavy atom. The molecule has 166 valence electrons. The maximum absolute atomic E-state index is 12.8. The zero-order valence-electron chi connectivity index (χ0n) is 16.6. The highest BCUT2D eigenvalue weighted by Gasteiger charge is 2.30. The van der Waals surface area contributed by atoms with Crippen molar-refractivity contribution in [2.24, 2.45) is 0 Å². The number of hydrogen-bond acceptors (Lipinski definition) is 4. The predicted molar refractivity (Wildman–Crippen MR) is 113 cm³/mol. The third-order valence-electron chi connectivity index (χ3n) is 4.40. The highest BCUT2D eigenvalue weighted by Crippen LogP contribution is 2.30. The van der Waals surface area contributed by atoms with Crippen LogP contribution < -0.4 is 10.0 Å². The summed E-state index contributed by atoms with van der Waals surface area (Å²) >= 11 is 0. The number of nitrogens with one attached hydrogen (secondary N) is 2. The number of carbonyl (C=O) groups excluding carboxylic acids is 2. The number of sulfonamides is 1. The fourth-order valence-corrected chi connectivity index (χ4v) is 3.83. The van der Waals surface area contributed by atoms with Crippen LogP contribution in [0.3, 0.4) is 0 Å². The number of amides is 1. The van der Waals surface area contributed by atoms with Gasteiger partial charge in [-0.2, -0.15) is 13.2 Å². The van der Waals surface area contributed by atoms with Crippen LogP contribution in [0.25, 0.3) is 0 Å². The third kappa shape index (κ3) is 5.52. The van der Waals surface area contributed by atoms with E-state index in [2.05, 4.69) is 10.0 Å². The number of rotatable bonds is 6. The van der Waals surface area contributed by atoms with Gasteiger partial charge in [-0.25, -0.2) is 8.42 Å². The highest BCUT2D eigenvalue weighted by atomic mass is 32.2. The van der Waals surface area contributed by atoms with Crippen LogP contribution >= 0.6 is 0 Å². The van der Waals surface area contributed by atoms with E-state index in [9.17, 15) is 31.2 Å². The first kappa shape index (κ1) is 23.0. The van der Waals surface area contributed by atoms with Gasteiger partial charge >= 0.3 is 6.18 Å². The average Bonchev–Trinajstić information content (AvgIpc) is 2.73. The van der Waals surface area contributed by atoms with Crippen molar-refractivity contribution in [2.75, 3.05) is 10.0 Å². The van der Waals surface area contributed by atoms with Gasteiger partial charge in [0.15, 0.2) is 5.78 Å². The van der Waals surface area contributed by atoms with Gasteiger partial charge < -0.3 is 5.32 Å². The summed E-state index contributed by atoms with van der Waals surface area (Å²) in [5.74, 6) is -0.919. The molecule has 0 bridgehead atoms. The van der Waals surface area contributed by atoms with Crippen molar-refractivity contribution in [3.8, 4) is 0 Å². The van der Waals surface area contributed by atoms with E-state index in [1.165, 1.54) is 67.6 Å². The molecule has 32 heavy (non-hydrogen) atoms. The Kier molecular flexibility index (Phi) is 6.35. The van der Waals surface area contributed by atoms with Crippen molar-refractivity contribution in [1.29, 1.82) is 0 Å². The molecule has 1 amide bonds. The minimum atomic E-state index is -4.55. The van der Waals surface area contributed by atoms with Gasteiger partial charge in [-0.05, 0) is 55.5 Å². The predicted octanol–water partition coefficient (Wildman–Crippen LogP) is 4.96. The molecule has 0 spiro atoms. The number of halogens is 3. The van der Waals surface area contributed by atoms with Crippen molar-refractivity contribution in [3.05, 3.63) is 89.5 Å². The fraction of sp³-hybridized carbons (Fsp3) is 0.0909. The van der Waals surface area contributed by atoms with Crippen LogP contribution in [0.5, 0.6) is 0 Å². The Morgan fingerprint density at radius 1 is 0.812 bits per heavy atom. The SMILES string of the molecule is CC(=O)c1ccc(S(=O)(=O)Nc2cccc(C(=O)Nc3cccc(C(F)(F)F)c3)c2)cc1. The van der Waals surface area contributed by atoms with E-state index in [1.807, 2.05) is 0 Å². The van der Waals surface area contributed by atoms with Crippen molar-refractivity contribution < 1.29 is 31.2 Å². The van der Waals surface area contributed by atoms with Gasteiger partial charge in [-0.15, -0.1) is 0 Å². The summed E-state index contributed by atoms with van der Waals surface area (Å²) in [6, 6.07) is 15.0. The lowest BCUT2D eigenvalue weighted by Crippen LogP contribution is -2.15. The van der Waals surface area contributed by atoms with E-state index in [0.29, 0.717) is 5.56 Å². The van der Waals surface area contributed by atoms with Gasteiger partial charge in [0.25, 0.3) is 15.9 Å². The van der Waals surface area contributed by atoms with E-state index in [1.54, 1.807) is 0 Å². The number of ketones is 1. The molecule has 3 aromatic carbocycles. The lowest BCUT2D eigenvalue weighted by atomic mass is 10.1. The van der Waals surface area contributed by atoms with Crippen molar-refractivity contribution in [1.82, 2.24) is 0 Å². The lowest BCUT2D eigenvalue weighted by Gasteiger charge is -2.11. The summed E-state index contributed by atoms with van der Waals surface area (Å²) in [5.41, 5.74) is -0.488. The van der Waals surface area contributed by atoms with Crippen LogP contribution in [0.4, 0.5) is 24.5 Å². The summed E-state index contributed by atoms with van der Waals surface area (Å²) in [6.45, 7) is 1.36. The quantitative estimate of drug-likeness (QED) is 0.507. The van der Waals surface area contributed by atoms with Gasteiger partial charge in [0.2, 0.25) is 0 Å². The second kappa shape index (κ2) is 8.83. The second-order valence-corrected chi connectivity index (χ2v) is 8.48. The Hall–Kier alpha value is -3.66. The first-order valence-electron chi connectivity index (χ1n) is 9.18. The Labute approximate surface area is 182 Å². The van der Waals surface area contributed by atoms with E-state index in [0.717, 1.165) is 12.1 Å². The smallest absolute Gasteiger partial charge is 0.322 e. The molecule has 0 atom stereocenters. The molecule has 0 aliphatic rings. The second-order valence-electron chi connectivity index (χ2n) is 6.80. The van der Waals surface area contributed by atoms with Crippen molar-refractivity contribution in [3.63, 3.8) is 0 Å². The summed E-state index contributed by atoms with van der Waals surface area (Å²) in [7, 11) is -4.00. The van der Waals surface area contributed by atoms with Crippen LogP contribution in [0, 0.1) is 0 Å². The zero-order valence-corrected chi connectivity index (χ0v) is 17.4. The monoisotopic (exact) mass is 462 g/mol. The molecule has 3 aromatic rings. The number of carbonyl (C=O) groups is 2. The molecule has 3 rings (SSSR count). The molecule has 6 nitrogen and oxygen atoms in total. The summed E-state index contributed by atoms with van der Waals surface area (Å²) in [6.07, 6.45) is -4.55. The molecule has 10 heteroatoms. The molecular weight excluding hydrogens is 445 g/mol. The molecule has 0 unspecified atom stereocenters. The molecular formula is C22H17F3N2O4S. The van der Waals surface area contributed by atoms with Gasteiger partial charge in [0.05, 0.1) is 10.5 Å². The average molecular weight is 462 g/mol. The number of Topliss-reactive ketones (excluding diaryl/α,β-unsaturated/α-hetero) is 1. The van der Waals surface area contributed by atoms with Crippen LogP contribution in [-0.2, 0) is 16.2 Å². The molecule has 0 radical (unpaired) electrons. The zero-order chi connectivity index (χ0) is 23.5. The Bertz CT molecular complexity index is 1270. The van der Waals surface area contributed by atoms with Crippen LogP contribution in [-0.4, -0.2) is 20.1 Å². The van der Waals surface area contributed by atoms with E-state index in [-0.39, 0.29) is 27.6 Å². The molecule has 2 N–H and O–H groups in total. The Balaban J connectivity index is 1.77. The normalized spacial score (nSPS) is 11.6. The lowest BCUT2D eigenvalue weighted by molar-refractivity contribution is -0.137. The topological polar surface area (TPSA) is 92.3 Å². The minimum absolute atomic E-state index is 0.0366. The summed E-state index contributed by atoms with van der Waals surface area (Å²) in [5, 5.41) is 2.36. The van der Waals surface area contributed by atoms with Crippen LogP contribution in [0.1, 0.15) is 33.2 Å². The molecule has 0 aliphatic carbocycles. The summed E-state index contributed by atoms with van der Waals surface area (Å²) < 4.78 is 66.0. The number of anilines is 2. The molecule has 0 aromatic heterocycles. The maximum Gasteiger partial charge on any atom is 0.416 e. The van der Waals surface area contributed by atoms with E-state index < -0.39 is 27.7 Å².